The highest BCUT2D eigenvalue weighted by Crippen LogP contribution is 2.34. The predicted molar refractivity (Wildman–Crippen MR) is 154 cm³/mol. The van der Waals surface area contributed by atoms with E-state index in [2.05, 4.69) is 25.2 Å². The Morgan fingerprint density at radius 1 is 0.814 bits per heavy atom. The maximum Gasteiger partial charge on any atom is 0.419 e. The Balaban J connectivity index is 1.29. The standard InChI is InChI=1S/C30H25F4N5O3S/c1-29(2,3)20-6-11-23(12-7-20)43(40,41)39-21-8-4-18(5-9-21)28-37-27(38-42-28)19-14-15-35-26(16-19)36-22-10-13-25(31)24(17-22)30(32,33)34/h4-17,39H,1-3H3,(H,35,36). The number of pyridine rings is 1. The smallest absolute Gasteiger partial charge is 0.340 e. The number of hydrogen-bond acceptors (Lipinski definition) is 7. The Morgan fingerprint density at radius 3 is 2.14 bits per heavy atom. The van der Waals surface area contributed by atoms with E-state index in [1.54, 1.807) is 54.6 Å². The maximum absolute atomic E-state index is 13.6. The topological polar surface area (TPSA) is 110 Å². The lowest BCUT2D eigenvalue weighted by atomic mass is 9.87. The van der Waals surface area contributed by atoms with Crippen LogP contribution >= 0.6 is 0 Å². The van der Waals surface area contributed by atoms with Crippen molar-refractivity contribution in [1.29, 1.82) is 0 Å². The molecule has 2 aromatic heterocycles. The highest BCUT2D eigenvalue weighted by Gasteiger charge is 2.34. The summed E-state index contributed by atoms with van der Waals surface area (Å²) >= 11 is 0. The third-order valence-corrected chi connectivity index (χ3v) is 7.80. The number of alkyl halides is 3. The Bertz CT molecular complexity index is 1870. The second kappa shape index (κ2) is 11.1. The van der Waals surface area contributed by atoms with E-state index in [0.717, 1.165) is 17.7 Å². The molecular weight excluding hydrogens is 586 g/mol. The second-order valence-electron chi connectivity index (χ2n) is 10.6. The van der Waals surface area contributed by atoms with Crippen molar-refractivity contribution in [3.8, 4) is 22.8 Å². The van der Waals surface area contributed by atoms with E-state index in [4.69, 9.17) is 4.52 Å². The largest absolute Gasteiger partial charge is 0.419 e. The first-order valence-electron chi connectivity index (χ1n) is 12.9. The molecule has 3 aromatic carbocycles. The van der Waals surface area contributed by atoms with Gasteiger partial charge in [0, 0.05) is 28.7 Å². The Labute approximate surface area is 244 Å². The monoisotopic (exact) mass is 611 g/mol. The van der Waals surface area contributed by atoms with E-state index in [1.165, 1.54) is 12.3 Å². The zero-order chi connectivity index (χ0) is 31.0. The molecular formula is C30H25F4N5O3S. The highest BCUT2D eigenvalue weighted by molar-refractivity contribution is 7.92. The van der Waals surface area contributed by atoms with E-state index >= 15 is 0 Å². The van der Waals surface area contributed by atoms with Crippen LogP contribution in [0.1, 0.15) is 31.9 Å². The van der Waals surface area contributed by atoms with Crippen LogP contribution in [0.5, 0.6) is 0 Å². The average Bonchev–Trinajstić information content (AvgIpc) is 3.44. The van der Waals surface area contributed by atoms with Crippen LogP contribution < -0.4 is 10.0 Å². The number of nitrogens with one attached hydrogen (secondary N) is 2. The van der Waals surface area contributed by atoms with Gasteiger partial charge in [0.1, 0.15) is 11.6 Å². The first kappa shape index (κ1) is 29.7. The number of anilines is 3. The number of hydrogen-bond donors (Lipinski definition) is 2. The fourth-order valence-corrected chi connectivity index (χ4v) is 5.15. The summed E-state index contributed by atoms with van der Waals surface area (Å²) in [5, 5.41) is 6.68. The molecule has 43 heavy (non-hydrogen) atoms. The van der Waals surface area contributed by atoms with Crippen molar-refractivity contribution in [3.63, 3.8) is 0 Å². The summed E-state index contributed by atoms with van der Waals surface area (Å²) in [5.74, 6) is -0.871. The molecule has 13 heteroatoms. The van der Waals surface area contributed by atoms with Gasteiger partial charge in [-0.1, -0.05) is 38.1 Å². The summed E-state index contributed by atoms with van der Waals surface area (Å²) < 4.78 is 86.5. The van der Waals surface area contributed by atoms with Crippen molar-refractivity contribution >= 4 is 27.2 Å². The van der Waals surface area contributed by atoms with E-state index in [-0.39, 0.29) is 33.5 Å². The molecule has 2 heterocycles. The van der Waals surface area contributed by atoms with Crippen LogP contribution in [0, 0.1) is 5.82 Å². The Morgan fingerprint density at radius 2 is 1.49 bits per heavy atom. The third kappa shape index (κ3) is 6.83. The quantitative estimate of drug-likeness (QED) is 0.181. The molecule has 0 saturated heterocycles. The first-order valence-corrected chi connectivity index (χ1v) is 14.4. The molecule has 0 fully saturated rings. The molecule has 0 amide bonds. The third-order valence-electron chi connectivity index (χ3n) is 6.40. The number of halogens is 4. The van der Waals surface area contributed by atoms with Crippen LogP contribution in [0.4, 0.5) is 34.8 Å². The predicted octanol–water partition coefficient (Wildman–Crippen LogP) is 7.80. The van der Waals surface area contributed by atoms with Gasteiger partial charge in [-0.2, -0.15) is 18.2 Å². The zero-order valence-corrected chi connectivity index (χ0v) is 23.9. The van der Waals surface area contributed by atoms with E-state index in [9.17, 15) is 26.0 Å². The maximum atomic E-state index is 13.6. The van der Waals surface area contributed by atoms with Gasteiger partial charge in [0.2, 0.25) is 5.82 Å². The zero-order valence-electron chi connectivity index (χ0n) is 23.1. The van der Waals surface area contributed by atoms with Crippen LogP contribution in [0.15, 0.2) is 94.5 Å². The molecule has 0 spiro atoms. The lowest BCUT2D eigenvalue weighted by molar-refractivity contribution is -0.139. The molecule has 0 aliphatic carbocycles. The first-order chi connectivity index (χ1) is 20.2. The van der Waals surface area contributed by atoms with Crippen LogP contribution in [0.25, 0.3) is 22.8 Å². The average molecular weight is 612 g/mol. The number of benzene rings is 3. The van der Waals surface area contributed by atoms with Gasteiger partial charge in [0.15, 0.2) is 0 Å². The van der Waals surface area contributed by atoms with Crippen molar-refractivity contribution in [3.05, 3.63) is 102 Å². The van der Waals surface area contributed by atoms with Gasteiger partial charge < -0.3 is 9.84 Å². The lowest BCUT2D eigenvalue weighted by Crippen LogP contribution is -2.14. The second-order valence-corrected chi connectivity index (χ2v) is 12.3. The lowest BCUT2D eigenvalue weighted by Gasteiger charge is -2.19. The molecule has 8 nitrogen and oxygen atoms in total. The molecule has 5 aromatic rings. The van der Waals surface area contributed by atoms with E-state index in [0.29, 0.717) is 22.9 Å². The Kier molecular flexibility index (Phi) is 7.69. The summed E-state index contributed by atoms with van der Waals surface area (Å²) in [6, 6.07) is 18.7. The molecule has 5 rings (SSSR count). The van der Waals surface area contributed by atoms with Gasteiger partial charge in [0.25, 0.3) is 15.9 Å². The fourth-order valence-electron chi connectivity index (χ4n) is 4.09. The molecule has 2 N–H and O–H groups in total. The minimum Gasteiger partial charge on any atom is -0.340 e. The molecule has 0 bridgehead atoms. The van der Waals surface area contributed by atoms with Crippen molar-refractivity contribution in [1.82, 2.24) is 15.1 Å². The summed E-state index contributed by atoms with van der Waals surface area (Å²) in [4.78, 5) is 8.59. The molecule has 0 radical (unpaired) electrons. The minimum atomic E-state index is -4.85. The number of sulfonamides is 1. The highest BCUT2D eigenvalue weighted by atomic mass is 32.2. The molecule has 0 aliphatic rings. The number of aromatic nitrogens is 3. The van der Waals surface area contributed by atoms with Crippen LogP contribution in [0.3, 0.4) is 0 Å². The van der Waals surface area contributed by atoms with Crippen LogP contribution in [0.2, 0.25) is 0 Å². The van der Waals surface area contributed by atoms with Crippen LogP contribution in [-0.4, -0.2) is 23.5 Å². The van der Waals surface area contributed by atoms with Gasteiger partial charge in [-0.15, -0.1) is 0 Å². The van der Waals surface area contributed by atoms with Crippen molar-refractivity contribution in [2.75, 3.05) is 10.0 Å². The molecule has 222 valence electrons. The summed E-state index contributed by atoms with van der Waals surface area (Å²) in [6.45, 7) is 6.13. The molecule has 0 saturated carbocycles. The van der Waals surface area contributed by atoms with E-state index in [1.807, 2.05) is 20.8 Å². The van der Waals surface area contributed by atoms with Gasteiger partial charge >= 0.3 is 6.18 Å². The van der Waals surface area contributed by atoms with Gasteiger partial charge in [-0.25, -0.2) is 17.8 Å². The molecule has 0 unspecified atom stereocenters. The summed E-state index contributed by atoms with van der Waals surface area (Å²) in [6.07, 6.45) is -3.45. The van der Waals surface area contributed by atoms with Gasteiger partial charge in [0.05, 0.1) is 10.5 Å². The Hall–Kier alpha value is -4.78. The fraction of sp³-hybridized carbons (Fsp3) is 0.167. The SMILES string of the molecule is CC(C)(C)c1ccc(S(=O)(=O)Nc2ccc(-c3nc(-c4ccnc(Nc5ccc(F)c(C(F)(F)F)c5)c4)no3)cc2)cc1. The van der Waals surface area contributed by atoms with Crippen molar-refractivity contribution in [2.24, 2.45) is 0 Å². The van der Waals surface area contributed by atoms with E-state index < -0.39 is 27.6 Å². The van der Waals surface area contributed by atoms with Crippen molar-refractivity contribution < 1.29 is 30.5 Å². The summed E-state index contributed by atoms with van der Waals surface area (Å²) in [5.41, 5.74) is 0.811. The number of nitrogens with zero attached hydrogens (tertiary/aromatic N) is 3. The number of rotatable bonds is 7. The van der Waals surface area contributed by atoms with Crippen molar-refractivity contribution in [2.45, 2.75) is 37.3 Å². The van der Waals surface area contributed by atoms with Gasteiger partial charge in [-0.3, -0.25) is 4.72 Å². The molecule has 0 aliphatic heterocycles. The molecule has 0 atom stereocenters. The normalized spacial score (nSPS) is 12.3. The minimum absolute atomic E-state index is 0.00943. The van der Waals surface area contributed by atoms with Gasteiger partial charge in [-0.05, 0) is 77.7 Å². The summed E-state index contributed by atoms with van der Waals surface area (Å²) in [7, 11) is -3.81. The van der Waals surface area contributed by atoms with Crippen LogP contribution in [-0.2, 0) is 21.6 Å².